The topological polar surface area (TPSA) is 112 Å². The largest absolute Gasteiger partial charge is 0.493 e. The van der Waals surface area contributed by atoms with Gasteiger partial charge in [-0.3, -0.25) is 0 Å². The highest BCUT2D eigenvalue weighted by Gasteiger charge is 2.44. The molecule has 0 spiro atoms. The summed E-state index contributed by atoms with van der Waals surface area (Å²) in [4.78, 5) is 0.120. The zero-order valence-corrected chi connectivity index (χ0v) is 23.1. The van der Waals surface area contributed by atoms with Crippen molar-refractivity contribution in [1.29, 1.82) is 0 Å². The van der Waals surface area contributed by atoms with Crippen LogP contribution in [0.5, 0.6) is 23.0 Å². The maximum Gasteiger partial charge on any atom is 0.243 e. The zero-order valence-electron chi connectivity index (χ0n) is 21.4. The molecular formula is C24H34N2O8S2. The lowest BCUT2D eigenvalue weighted by atomic mass is 10.1. The standard InChI is InChI=1S/C24H34N2O8S2/c1-7-17-15-26(36(29,30)20-10-12-22(32-4)24(14-20)34-6)18(8-2)16-25(17)35(27,28)19-9-11-21(31-3)23(13-19)33-5/h9-14,17-18H,7-8,15-16H2,1-6H3. The van der Waals surface area contributed by atoms with E-state index < -0.39 is 32.1 Å². The van der Waals surface area contributed by atoms with Crippen molar-refractivity contribution in [1.82, 2.24) is 8.61 Å². The number of nitrogens with zero attached hydrogens (tertiary/aromatic N) is 2. The molecule has 36 heavy (non-hydrogen) atoms. The molecule has 1 saturated heterocycles. The van der Waals surface area contributed by atoms with E-state index in [2.05, 4.69) is 0 Å². The van der Waals surface area contributed by atoms with Crippen LogP contribution in [0.2, 0.25) is 0 Å². The molecule has 0 N–H and O–H groups in total. The molecular weight excluding hydrogens is 508 g/mol. The van der Waals surface area contributed by atoms with E-state index in [9.17, 15) is 16.8 Å². The van der Waals surface area contributed by atoms with Gasteiger partial charge in [0, 0.05) is 37.3 Å². The minimum atomic E-state index is -3.94. The quantitative estimate of drug-likeness (QED) is 0.451. The highest BCUT2D eigenvalue weighted by atomic mass is 32.2. The summed E-state index contributed by atoms with van der Waals surface area (Å²) in [5.41, 5.74) is 0. The first-order valence-electron chi connectivity index (χ1n) is 11.6. The molecule has 0 saturated carbocycles. The van der Waals surface area contributed by atoms with Crippen LogP contribution in [-0.4, -0.2) is 79.1 Å². The van der Waals surface area contributed by atoms with Gasteiger partial charge in [-0.25, -0.2) is 16.8 Å². The summed E-state index contributed by atoms with van der Waals surface area (Å²) >= 11 is 0. The maximum absolute atomic E-state index is 13.7. The predicted octanol–water partition coefficient (Wildman–Crippen LogP) is 2.97. The van der Waals surface area contributed by atoms with Gasteiger partial charge < -0.3 is 18.9 Å². The van der Waals surface area contributed by atoms with Crippen LogP contribution >= 0.6 is 0 Å². The summed E-state index contributed by atoms with van der Waals surface area (Å²) in [5, 5.41) is 0. The van der Waals surface area contributed by atoms with Crippen LogP contribution in [0.3, 0.4) is 0 Å². The summed E-state index contributed by atoms with van der Waals surface area (Å²) in [6.45, 7) is 3.74. The second-order valence-corrected chi connectivity index (χ2v) is 12.1. The molecule has 2 atom stereocenters. The van der Waals surface area contributed by atoms with E-state index in [0.29, 0.717) is 35.8 Å². The maximum atomic E-state index is 13.7. The molecule has 0 amide bonds. The first-order valence-corrected chi connectivity index (χ1v) is 14.4. The van der Waals surface area contributed by atoms with Crippen molar-refractivity contribution in [2.24, 2.45) is 0 Å². The van der Waals surface area contributed by atoms with Crippen molar-refractivity contribution in [2.75, 3.05) is 41.5 Å². The molecule has 0 aliphatic carbocycles. The normalized spacial score (nSPS) is 19.6. The third kappa shape index (κ3) is 5.13. The Labute approximate surface area is 213 Å². The summed E-state index contributed by atoms with van der Waals surface area (Å²) in [6.07, 6.45) is 0.863. The fourth-order valence-electron chi connectivity index (χ4n) is 4.37. The van der Waals surface area contributed by atoms with Crippen LogP contribution in [0.15, 0.2) is 46.2 Å². The third-order valence-electron chi connectivity index (χ3n) is 6.46. The lowest BCUT2D eigenvalue weighted by molar-refractivity contribution is 0.139. The molecule has 1 fully saturated rings. The third-order valence-corrected chi connectivity index (χ3v) is 10.3. The van der Waals surface area contributed by atoms with Gasteiger partial charge >= 0.3 is 0 Å². The lowest BCUT2D eigenvalue weighted by Gasteiger charge is -2.44. The number of methoxy groups -OCH3 is 4. The van der Waals surface area contributed by atoms with E-state index in [1.165, 1.54) is 61.3 Å². The minimum absolute atomic E-state index is 0.0260. The second-order valence-electron chi connectivity index (χ2n) is 8.31. The van der Waals surface area contributed by atoms with E-state index >= 15 is 0 Å². The Hall–Kier alpha value is -2.54. The van der Waals surface area contributed by atoms with Gasteiger partial charge in [0.15, 0.2) is 23.0 Å². The van der Waals surface area contributed by atoms with Gasteiger partial charge in [0.25, 0.3) is 0 Å². The van der Waals surface area contributed by atoms with Gasteiger partial charge in [0.1, 0.15) is 0 Å². The summed E-state index contributed by atoms with van der Waals surface area (Å²) < 4.78 is 78.6. The van der Waals surface area contributed by atoms with Crippen LogP contribution in [0.25, 0.3) is 0 Å². The number of rotatable bonds is 10. The van der Waals surface area contributed by atoms with Crippen LogP contribution in [-0.2, 0) is 20.0 Å². The SMILES string of the molecule is CCC1CN(S(=O)(=O)c2ccc(OC)c(OC)c2)C(CC)CN1S(=O)(=O)c1ccc(OC)c(OC)c1. The molecule has 2 aromatic carbocycles. The van der Waals surface area contributed by atoms with E-state index in [4.69, 9.17) is 18.9 Å². The number of benzene rings is 2. The molecule has 0 bridgehead atoms. The first-order chi connectivity index (χ1) is 17.1. The van der Waals surface area contributed by atoms with E-state index in [-0.39, 0.29) is 22.9 Å². The Bertz CT molecular complexity index is 1180. The van der Waals surface area contributed by atoms with Gasteiger partial charge in [-0.05, 0) is 37.1 Å². The van der Waals surface area contributed by atoms with Crippen molar-refractivity contribution in [2.45, 2.75) is 48.6 Å². The van der Waals surface area contributed by atoms with Gasteiger partial charge in [0.2, 0.25) is 20.0 Å². The average Bonchev–Trinajstić information content (AvgIpc) is 2.90. The molecule has 0 aromatic heterocycles. The Kier molecular flexibility index (Phi) is 8.75. The monoisotopic (exact) mass is 542 g/mol. The average molecular weight is 543 g/mol. The molecule has 12 heteroatoms. The fourth-order valence-corrected chi connectivity index (χ4v) is 7.86. The molecule has 2 unspecified atom stereocenters. The number of piperazine rings is 1. The lowest BCUT2D eigenvalue weighted by Crippen LogP contribution is -2.60. The van der Waals surface area contributed by atoms with Crippen LogP contribution in [0, 0.1) is 0 Å². The Balaban J connectivity index is 1.99. The summed E-state index contributed by atoms with van der Waals surface area (Å²) in [5.74, 6) is 1.43. The van der Waals surface area contributed by atoms with E-state index in [0.717, 1.165) is 0 Å². The number of hydrogen-bond donors (Lipinski definition) is 0. The van der Waals surface area contributed by atoms with Crippen molar-refractivity contribution >= 4 is 20.0 Å². The molecule has 1 aliphatic rings. The molecule has 3 rings (SSSR count). The predicted molar refractivity (Wildman–Crippen MR) is 135 cm³/mol. The van der Waals surface area contributed by atoms with Crippen LogP contribution < -0.4 is 18.9 Å². The van der Waals surface area contributed by atoms with Gasteiger partial charge in [-0.2, -0.15) is 8.61 Å². The minimum Gasteiger partial charge on any atom is -0.493 e. The van der Waals surface area contributed by atoms with Crippen LogP contribution in [0.4, 0.5) is 0 Å². The molecule has 1 aliphatic heterocycles. The fraction of sp³-hybridized carbons (Fsp3) is 0.500. The van der Waals surface area contributed by atoms with E-state index in [1.54, 1.807) is 12.1 Å². The van der Waals surface area contributed by atoms with Crippen molar-refractivity contribution in [3.8, 4) is 23.0 Å². The first kappa shape index (κ1) is 28.0. The highest BCUT2D eigenvalue weighted by molar-refractivity contribution is 7.89. The van der Waals surface area contributed by atoms with Gasteiger partial charge in [-0.15, -0.1) is 0 Å². The molecule has 1 heterocycles. The molecule has 2 aromatic rings. The van der Waals surface area contributed by atoms with Crippen molar-refractivity contribution in [3.63, 3.8) is 0 Å². The van der Waals surface area contributed by atoms with Crippen molar-refractivity contribution < 1.29 is 35.8 Å². The summed E-state index contributed by atoms with van der Waals surface area (Å²) in [7, 11) is -2.05. The Morgan fingerprint density at radius 3 is 1.25 bits per heavy atom. The highest BCUT2D eigenvalue weighted by Crippen LogP contribution is 2.36. The van der Waals surface area contributed by atoms with Gasteiger partial charge in [0.05, 0.1) is 38.2 Å². The molecule has 10 nitrogen and oxygen atoms in total. The molecule has 0 radical (unpaired) electrons. The second kappa shape index (κ2) is 11.2. The smallest absolute Gasteiger partial charge is 0.243 e. The Morgan fingerprint density at radius 1 is 0.639 bits per heavy atom. The van der Waals surface area contributed by atoms with Gasteiger partial charge in [-0.1, -0.05) is 13.8 Å². The molecule has 200 valence electrons. The summed E-state index contributed by atoms with van der Waals surface area (Å²) in [6, 6.07) is 7.77. The number of sulfonamides is 2. The van der Waals surface area contributed by atoms with Crippen LogP contribution in [0.1, 0.15) is 26.7 Å². The van der Waals surface area contributed by atoms with E-state index in [1.807, 2.05) is 13.8 Å². The zero-order chi connectivity index (χ0) is 26.7. The number of hydrogen-bond acceptors (Lipinski definition) is 8. The van der Waals surface area contributed by atoms with Crippen molar-refractivity contribution in [3.05, 3.63) is 36.4 Å². The Morgan fingerprint density at radius 2 is 0.972 bits per heavy atom. The number of ether oxygens (including phenoxy) is 4.